The van der Waals surface area contributed by atoms with E-state index in [0.29, 0.717) is 28.3 Å². The summed E-state index contributed by atoms with van der Waals surface area (Å²) in [5, 5.41) is 3.99. The van der Waals surface area contributed by atoms with Gasteiger partial charge in [0.05, 0.1) is 38.9 Å². The number of methoxy groups -OCH3 is 2. The standard InChI is InChI=1S/C24H25N3O5S/c1-31-22-13-14-23(32-2)20(15-22)16-25-26-24(28)19-9-11-21(12-10-19)27(33(3,29)30)17-18-7-5-4-6-8-18/h4-16H,17H2,1-3H3,(H,26,28)/b25-16-. The Morgan fingerprint density at radius 2 is 1.70 bits per heavy atom. The van der Waals surface area contributed by atoms with Gasteiger partial charge in [0, 0.05) is 11.1 Å². The van der Waals surface area contributed by atoms with Crippen molar-refractivity contribution in [3.05, 3.63) is 89.5 Å². The summed E-state index contributed by atoms with van der Waals surface area (Å²) in [5.74, 6) is 0.774. The van der Waals surface area contributed by atoms with E-state index in [0.717, 1.165) is 11.8 Å². The van der Waals surface area contributed by atoms with Crippen molar-refractivity contribution in [2.45, 2.75) is 6.54 Å². The lowest BCUT2D eigenvalue weighted by Crippen LogP contribution is -2.29. The van der Waals surface area contributed by atoms with Crippen LogP contribution in [-0.2, 0) is 16.6 Å². The van der Waals surface area contributed by atoms with Crippen LogP contribution < -0.4 is 19.2 Å². The van der Waals surface area contributed by atoms with Crippen LogP contribution in [0, 0.1) is 0 Å². The maximum Gasteiger partial charge on any atom is 0.271 e. The molecule has 0 saturated heterocycles. The van der Waals surface area contributed by atoms with Crippen molar-refractivity contribution < 1.29 is 22.7 Å². The number of nitrogens with one attached hydrogen (secondary N) is 1. The van der Waals surface area contributed by atoms with Gasteiger partial charge in [-0.2, -0.15) is 5.10 Å². The smallest absolute Gasteiger partial charge is 0.271 e. The molecule has 1 amide bonds. The molecule has 9 heteroatoms. The van der Waals surface area contributed by atoms with Gasteiger partial charge in [-0.15, -0.1) is 0 Å². The quantitative estimate of drug-likeness (QED) is 0.384. The zero-order valence-corrected chi connectivity index (χ0v) is 19.4. The summed E-state index contributed by atoms with van der Waals surface area (Å²) in [4.78, 5) is 12.5. The second-order valence-corrected chi connectivity index (χ2v) is 9.02. The highest BCUT2D eigenvalue weighted by Crippen LogP contribution is 2.23. The molecular formula is C24H25N3O5S. The summed E-state index contributed by atoms with van der Waals surface area (Å²) in [6.45, 7) is 0.192. The van der Waals surface area contributed by atoms with Crippen molar-refractivity contribution in [3.63, 3.8) is 0 Å². The highest BCUT2D eigenvalue weighted by Gasteiger charge is 2.18. The van der Waals surface area contributed by atoms with Gasteiger partial charge in [-0.1, -0.05) is 30.3 Å². The molecule has 0 aliphatic carbocycles. The average Bonchev–Trinajstić information content (AvgIpc) is 2.82. The van der Waals surface area contributed by atoms with E-state index in [4.69, 9.17) is 9.47 Å². The molecule has 3 aromatic rings. The summed E-state index contributed by atoms with van der Waals surface area (Å²) in [6.07, 6.45) is 2.61. The van der Waals surface area contributed by atoms with Gasteiger partial charge in [0.1, 0.15) is 11.5 Å². The monoisotopic (exact) mass is 467 g/mol. The minimum Gasteiger partial charge on any atom is -0.497 e. The molecule has 3 aromatic carbocycles. The number of hydrogen-bond donors (Lipinski definition) is 1. The Labute approximate surface area is 193 Å². The highest BCUT2D eigenvalue weighted by atomic mass is 32.2. The Hall–Kier alpha value is -3.85. The number of hydrazone groups is 1. The van der Waals surface area contributed by atoms with E-state index >= 15 is 0 Å². The molecule has 0 radical (unpaired) electrons. The van der Waals surface area contributed by atoms with Crippen LogP contribution in [0.5, 0.6) is 11.5 Å². The van der Waals surface area contributed by atoms with Crippen molar-refractivity contribution in [3.8, 4) is 11.5 Å². The normalized spacial score (nSPS) is 11.2. The summed E-state index contributed by atoms with van der Waals surface area (Å²) < 4.78 is 36.4. The van der Waals surface area contributed by atoms with Gasteiger partial charge in [0.25, 0.3) is 5.91 Å². The molecule has 172 valence electrons. The second-order valence-electron chi connectivity index (χ2n) is 7.11. The van der Waals surface area contributed by atoms with Gasteiger partial charge < -0.3 is 9.47 Å². The molecule has 0 atom stereocenters. The van der Waals surface area contributed by atoms with Crippen LogP contribution in [0.1, 0.15) is 21.5 Å². The summed E-state index contributed by atoms with van der Waals surface area (Å²) in [7, 11) is -0.426. The molecule has 0 aliphatic heterocycles. The van der Waals surface area contributed by atoms with E-state index in [-0.39, 0.29) is 6.54 Å². The molecule has 0 bridgehead atoms. The van der Waals surface area contributed by atoms with Gasteiger partial charge in [-0.05, 0) is 48.0 Å². The van der Waals surface area contributed by atoms with Crippen LogP contribution in [0.25, 0.3) is 0 Å². The van der Waals surface area contributed by atoms with Crippen LogP contribution in [-0.4, -0.2) is 41.0 Å². The Kier molecular flexibility index (Phi) is 7.68. The number of rotatable bonds is 9. The third-order valence-corrected chi connectivity index (χ3v) is 5.93. The van der Waals surface area contributed by atoms with E-state index in [2.05, 4.69) is 10.5 Å². The minimum absolute atomic E-state index is 0.192. The fourth-order valence-electron chi connectivity index (χ4n) is 3.09. The van der Waals surface area contributed by atoms with Crippen molar-refractivity contribution >= 4 is 27.8 Å². The number of ether oxygens (including phenoxy) is 2. The molecule has 0 aliphatic rings. The molecule has 1 N–H and O–H groups in total. The number of benzene rings is 3. The number of nitrogens with zero attached hydrogens (tertiary/aromatic N) is 2. The molecule has 0 saturated carbocycles. The van der Waals surface area contributed by atoms with Crippen molar-refractivity contribution in [2.24, 2.45) is 5.10 Å². The Bertz CT molecular complexity index is 1230. The Morgan fingerprint density at radius 1 is 1.00 bits per heavy atom. The first-order valence-corrected chi connectivity index (χ1v) is 11.8. The molecule has 33 heavy (non-hydrogen) atoms. The van der Waals surface area contributed by atoms with Gasteiger partial charge in [-0.3, -0.25) is 9.10 Å². The van der Waals surface area contributed by atoms with Crippen molar-refractivity contribution in [1.29, 1.82) is 0 Å². The first kappa shape index (κ1) is 23.8. The Morgan fingerprint density at radius 3 is 2.30 bits per heavy atom. The first-order valence-electron chi connectivity index (χ1n) is 9.99. The molecule has 0 fully saturated rings. The van der Waals surface area contributed by atoms with Gasteiger partial charge >= 0.3 is 0 Å². The fourth-order valence-corrected chi connectivity index (χ4v) is 3.98. The van der Waals surface area contributed by atoms with E-state index in [9.17, 15) is 13.2 Å². The topological polar surface area (TPSA) is 97.3 Å². The largest absolute Gasteiger partial charge is 0.497 e. The molecule has 8 nitrogen and oxygen atoms in total. The van der Waals surface area contributed by atoms with E-state index < -0.39 is 15.9 Å². The zero-order valence-electron chi connectivity index (χ0n) is 18.6. The van der Waals surface area contributed by atoms with Crippen LogP contribution in [0.4, 0.5) is 5.69 Å². The van der Waals surface area contributed by atoms with E-state index in [1.807, 2.05) is 30.3 Å². The van der Waals surface area contributed by atoms with Crippen molar-refractivity contribution in [1.82, 2.24) is 5.43 Å². The average molecular weight is 468 g/mol. The fraction of sp³-hybridized carbons (Fsp3) is 0.167. The number of sulfonamides is 1. The number of carbonyl (C=O) groups is 1. The lowest BCUT2D eigenvalue weighted by Gasteiger charge is -2.22. The van der Waals surface area contributed by atoms with Crippen LogP contribution in [0.2, 0.25) is 0 Å². The van der Waals surface area contributed by atoms with Crippen LogP contribution in [0.15, 0.2) is 77.9 Å². The summed E-state index contributed by atoms with van der Waals surface area (Å²) in [5.41, 5.74) is 4.74. The molecule has 0 unspecified atom stereocenters. The third kappa shape index (κ3) is 6.33. The zero-order chi connectivity index (χ0) is 23.8. The lowest BCUT2D eigenvalue weighted by atomic mass is 10.2. The summed E-state index contributed by atoms with van der Waals surface area (Å²) >= 11 is 0. The van der Waals surface area contributed by atoms with E-state index in [1.54, 1.807) is 49.6 Å². The van der Waals surface area contributed by atoms with Gasteiger partial charge in [0.2, 0.25) is 10.0 Å². The number of anilines is 1. The predicted octanol–water partition coefficient (Wildman–Crippen LogP) is 3.43. The maximum absolute atomic E-state index is 12.5. The third-order valence-electron chi connectivity index (χ3n) is 4.79. The number of carbonyl (C=O) groups excluding carboxylic acids is 1. The van der Waals surface area contributed by atoms with E-state index in [1.165, 1.54) is 17.6 Å². The predicted molar refractivity (Wildman–Crippen MR) is 129 cm³/mol. The Balaban J connectivity index is 1.72. The summed E-state index contributed by atoms with van der Waals surface area (Å²) in [6, 6.07) is 20.8. The second kappa shape index (κ2) is 10.6. The molecule has 0 heterocycles. The maximum atomic E-state index is 12.5. The van der Waals surface area contributed by atoms with Crippen LogP contribution >= 0.6 is 0 Å². The minimum atomic E-state index is -3.52. The SMILES string of the molecule is COc1ccc(OC)c(/C=N\NC(=O)c2ccc(N(Cc3ccccc3)S(C)(=O)=O)cc2)c1. The number of hydrogen-bond acceptors (Lipinski definition) is 6. The lowest BCUT2D eigenvalue weighted by molar-refractivity contribution is 0.0955. The number of amides is 1. The van der Waals surface area contributed by atoms with Gasteiger partial charge in [0.15, 0.2) is 0 Å². The molecular weight excluding hydrogens is 442 g/mol. The molecule has 0 aromatic heterocycles. The van der Waals surface area contributed by atoms with Crippen molar-refractivity contribution in [2.75, 3.05) is 24.8 Å². The van der Waals surface area contributed by atoms with Crippen LogP contribution in [0.3, 0.4) is 0 Å². The molecule has 0 spiro atoms. The highest BCUT2D eigenvalue weighted by molar-refractivity contribution is 7.92. The molecule has 3 rings (SSSR count). The van der Waals surface area contributed by atoms with Gasteiger partial charge in [-0.25, -0.2) is 13.8 Å². The first-order chi connectivity index (χ1) is 15.8.